The van der Waals surface area contributed by atoms with Gasteiger partial charge in [-0.05, 0) is 30.8 Å². The molecule has 1 amide bonds. The Morgan fingerprint density at radius 1 is 1.09 bits per heavy atom. The fourth-order valence-corrected chi connectivity index (χ4v) is 4.41. The third kappa shape index (κ3) is 3.40. The average Bonchev–Trinajstić information content (AvgIpc) is 3.24. The fourth-order valence-electron chi connectivity index (χ4n) is 4.41. The third-order valence-corrected chi connectivity index (χ3v) is 6.24. The molecule has 3 heterocycles. The number of benzene rings is 2. The summed E-state index contributed by atoms with van der Waals surface area (Å²) >= 11 is 0. The molecule has 2 aromatic rings. The lowest BCUT2D eigenvalue weighted by atomic mass is 10.0. The first kappa shape index (κ1) is 20.2. The summed E-state index contributed by atoms with van der Waals surface area (Å²) in [6, 6.07) is 16.1. The van der Waals surface area contributed by atoms with Crippen molar-refractivity contribution in [3.8, 4) is 6.19 Å². The number of likely N-dealkylation sites (N-methyl/N-ethyl adjacent to an activating group) is 1. The standard InChI is InChI=1S/C25H25N6O/c1-29-12-14-30(15-13-29)25(32)22-17-31(18-26)23(28-22)11-10-20-8-5-9-21(24(20)31)27-16-19-6-3-2-4-7-19/h2-11,17,27H,12-16H2,1H3/q+1. The summed E-state index contributed by atoms with van der Waals surface area (Å²) in [6.45, 7) is 3.64. The Morgan fingerprint density at radius 2 is 1.88 bits per heavy atom. The SMILES string of the molecule is CN1CCN(C(=O)C2=C[N+]3(C#N)C(=N2)C=Cc2cccc(NCc4ccccc4)c23)CC1. The van der Waals surface area contributed by atoms with Gasteiger partial charge in [0.15, 0.2) is 17.6 Å². The summed E-state index contributed by atoms with van der Waals surface area (Å²) in [4.78, 5) is 21.8. The van der Waals surface area contributed by atoms with E-state index < -0.39 is 0 Å². The minimum atomic E-state index is -0.224. The summed E-state index contributed by atoms with van der Waals surface area (Å²) in [5.41, 5.74) is 4.08. The van der Waals surface area contributed by atoms with Crippen LogP contribution >= 0.6 is 0 Å². The van der Waals surface area contributed by atoms with Crippen molar-refractivity contribution in [3.05, 3.63) is 77.6 Å². The highest BCUT2D eigenvalue weighted by atomic mass is 16.2. The van der Waals surface area contributed by atoms with Gasteiger partial charge in [0.1, 0.15) is 0 Å². The van der Waals surface area contributed by atoms with Gasteiger partial charge in [-0.15, -0.1) is 9.74 Å². The number of carbonyl (C=O) groups excluding carboxylic acids is 1. The van der Waals surface area contributed by atoms with Crippen LogP contribution < -0.4 is 9.80 Å². The number of amidine groups is 1. The van der Waals surface area contributed by atoms with Crippen LogP contribution in [0.2, 0.25) is 0 Å². The van der Waals surface area contributed by atoms with E-state index in [1.54, 1.807) is 6.20 Å². The normalized spacial score (nSPS) is 21.8. The molecule has 1 N–H and O–H groups in total. The van der Waals surface area contributed by atoms with Crippen molar-refractivity contribution < 1.29 is 4.79 Å². The molecule has 0 aliphatic carbocycles. The highest BCUT2D eigenvalue weighted by molar-refractivity contribution is 6.17. The van der Waals surface area contributed by atoms with Crippen LogP contribution in [-0.4, -0.2) is 54.8 Å². The second kappa shape index (κ2) is 8.08. The zero-order chi connectivity index (χ0) is 22.1. The van der Waals surface area contributed by atoms with Gasteiger partial charge >= 0.3 is 6.19 Å². The van der Waals surface area contributed by atoms with Crippen molar-refractivity contribution in [1.82, 2.24) is 14.3 Å². The summed E-state index contributed by atoms with van der Waals surface area (Å²) in [5, 5.41) is 13.8. The van der Waals surface area contributed by atoms with Gasteiger partial charge in [0, 0.05) is 44.4 Å². The Morgan fingerprint density at radius 3 is 2.62 bits per heavy atom. The zero-order valence-corrected chi connectivity index (χ0v) is 18.0. The number of fused-ring (bicyclic) bond motifs is 3. The summed E-state index contributed by atoms with van der Waals surface area (Å²) in [6.07, 6.45) is 7.94. The Balaban J connectivity index is 1.50. The number of carbonyl (C=O) groups is 1. The Labute approximate surface area is 187 Å². The van der Waals surface area contributed by atoms with Gasteiger partial charge < -0.3 is 15.1 Å². The smallest absolute Gasteiger partial charge is 0.326 e. The quantitative estimate of drug-likeness (QED) is 0.604. The van der Waals surface area contributed by atoms with Gasteiger partial charge in [-0.25, -0.2) is 0 Å². The lowest BCUT2D eigenvalue weighted by molar-refractivity contribution is -0.128. The van der Waals surface area contributed by atoms with Gasteiger partial charge in [0.2, 0.25) is 0 Å². The molecule has 1 fully saturated rings. The van der Waals surface area contributed by atoms with E-state index in [0.717, 1.165) is 35.6 Å². The molecule has 3 aliphatic heterocycles. The van der Waals surface area contributed by atoms with Gasteiger partial charge in [-0.2, -0.15) is 4.99 Å². The van der Waals surface area contributed by atoms with Gasteiger partial charge in [-0.3, -0.25) is 4.79 Å². The molecule has 0 bridgehead atoms. The number of nitriles is 1. The molecule has 1 saturated heterocycles. The zero-order valence-electron chi connectivity index (χ0n) is 18.0. The van der Waals surface area contributed by atoms with Crippen molar-refractivity contribution >= 4 is 29.2 Å². The van der Waals surface area contributed by atoms with E-state index in [1.807, 2.05) is 53.5 Å². The number of aliphatic imine (C=N–C) groups is 1. The minimum Gasteiger partial charge on any atom is -0.376 e. The van der Waals surface area contributed by atoms with Crippen molar-refractivity contribution in [3.63, 3.8) is 0 Å². The van der Waals surface area contributed by atoms with Gasteiger partial charge in [0.25, 0.3) is 11.7 Å². The van der Waals surface area contributed by atoms with Crippen LogP contribution in [0.25, 0.3) is 6.08 Å². The number of para-hydroxylation sites is 1. The molecule has 5 rings (SSSR count). The molecule has 2 aromatic carbocycles. The van der Waals surface area contributed by atoms with E-state index in [1.165, 1.54) is 0 Å². The second-order valence-electron chi connectivity index (χ2n) is 8.32. The molecule has 0 radical (unpaired) electrons. The van der Waals surface area contributed by atoms with Gasteiger partial charge in [-0.1, -0.05) is 36.4 Å². The molecule has 3 aliphatic rings. The highest BCUT2D eigenvalue weighted by Crippen LogP contribution is 2.43. The molecule has 0 spiro atoms. The Hall–Kier alpha value is -3.73. The van der Waals surface area contributed by atoms with Crippen LogP contribution in [0.3, 0.4) is 0 Å². The predicted molar refractivity (Wildman–Crippen MR) is 126 cm³/mol. The van der Waals surface area contributed by atoms with Crippen LogP contribution in [0.15, 0.2) is 71.5 Å². The molecule has 7 heteroatoms. The lowest BCUT2D eigenvalue weighted by Gasteiger charge is -2.32. The first-order valence-electron chi connectivity index (χ1n) is 10.8. The average molecular weight is 426 g/mol. The van der Waals surface area contributed by atoms with E-state index in [2.05, 4.69) is 40.6 Å². The third-order valence-electron chi connectivity index (χ3n) is 6.24. The fraction of sp³-hybridized carbons (Fsp3) is 0.240. The van der Waals surface area contributed by atoms with E-state index in [0.29, 0.717) is 31.2 Å². The van der Waals surface area contributed by atoms with Crippen LogP contribution in [0.4, 0.5) is 11.4 Å². The number of amides is 1. The first-order chi connectivity index (χ1) is 15.6. The van der Waals surface area contributed by atoms with Crippen LogP contribution in [0.1, 0.15) is 11.1 Å². The van der Waals surface area contributed by atoms with Crippen molar-refractivity contribution in [2.75, 3.05) is 38.5 Å². The Kier molecular flexibility index (Phi) is 5.10. The Bertz CT molecular complexity index is 1180. The minimum absolute atomic E-state index is 0.113. The number of piperazine rings is 1. The molecule has 0 saturated carbocycles. The molecule has 32 heavy (non-hydrogen) atoms. The number of hydrogen-bond donors (Lipinski definition) is 1. The van der Waals surface area contributed by atoms with E-state index in [4.69, 9.17) is 0 Å². The molecular weight excluding hydrogens is 400 g/mol. The first-order valence-corrected chi connectivity index (χ1v) is 10.8. The van der Waals surface area contributed by atoms with Crippen molar-refractivity contribution in [1.29, 1.82) is 5.26 Å². The second-order valence-corrected chi connectivity index (χ2v) is 8.32. The van der Waals surface area contributed by atoms with E-state index in [9.17, 15) is 10.1 Å². The summed E-state index contributed by atoms with van der Waals surface area (Å²) in [7, 11) is 2.05. The van der Waals surface area contributed by atoms with Crippen LogP contribution in [0, 0.1) is 11.5 Å². The van der Waals surface area contributed by atoms with Crippen molar-refractivity contribution in [2.24, 2.45) is 4.99 Å². The van der Waals surface area contributed by atoms with Crippen molar-refractivity contribution in [2.45, 2.75) is 6.54 Å². The van der Waals surface area contributed by atoms with Gasteiger partial charge in [0.05, 0.1) is 5.69 Å². The number of nitrogens with one attached hydrogen (secondary N) is 1. The maximum Gasteiger partial charge on any atom is 0.326 e. The summed E-state index contributed by atoms with van der Waals surface area (Å²) in [5.74, 6) is 0.434. The molecule has 0 aromatic heterocycles. The number of nitrogens with zero attached hydrogens (tertiary/aromatic N) is 5. The largest absolute Gasteiger partial charge is 0.376 e. The topological polar surface area (TPSA) is 71.7 Å². The maximum absolute atomic E-state index is 13.2. The summed E-state index contributed by atoms with van der Waals surface area (Å²) < 4.78 is -0.224. The molecule has 1 atom stereocenters. The maximum atomic E-state index is 13.2. The monoisotopic (exact) mass is 425 g/mol. The number of anilines is 1. The van der Waals surface area contributed by atoms with Crippen LogP contribution in [0.5, 0.6) is 0 Å². The number of hydrogen-bond acceptors (Lipinski definition) is 5. The van der Waals surface area contributed by atoms with E-state index >= 15 is 0 Å². The molecular formula is C25H25N6O+. The lowest BCUT2D eigenvalue weighted by Crippen LogP contribution is -2.47. The molecule has 160 valence electrons. The molecule has 7 nitrogen and oxygen atoms in total. The molecule has 1 unspecified atom stereocenters. The predicted octanol–water partition coefficient (Wildman–Crippen LogP) is 3.14. The van der Waals surface area contributed by atoms with Crippen LogP contribution in [-0.2, 0) is 11.3 Å². The number of rotatable bonds is 4. The number of quaternary nitrogens is 1. The highest BCUT2D eigenvalue weighted by Gasteiger charge is 2.47. The van der Waals surface area contributed by atoms with E-state index in [-0.39, 0.29) is 10.4 Å².